The minimum absolute atomic E-state index is 0.0105. The van der Waals surface area contributed by atoms with Crippen molar-refractivity contribution >= 4 is 17.5 Å². The molecular formula is C16H21N3O2. The molecule has 1 aliphatic rings. The number of anilines is 1. The fourth-order valence-corrected chi connectivity index (χ4v) is 2.26. The van der Waals surface area contributed by atoms with Gasteiger partial charge >= 0.3 is 0 Å². The van der Waals surface area contributed by atoms with Crippen molar-refractivity contribution in [1.82, 2.24) is 10.6 Å². The highest BCUT2D eigenvalue weighted by molar-refractivity contribution is 5.97. The summed E-state index contributed by atoms with van der Waals surface area (Å²) in [5.74, 6) is -0.143. The number of hydrogen-bond donors (Lipinski definition) is 3. The third-order valence-corrected chi connectivity index (χ3v) is 3.73. The van der Waals surface area contributed by atoms with E-state index in [1.165, 1.54) is 0 Å². The van der Waals surface area contributed by atoms with Crippen LogP contribution in [0.3, 0.4) is 0 Å². The lowest BCUT2D eigenvalue weighted by Gasteiger charge is -2.21. The molecule has 1 atom stereocenters. The number of carbonyl (C=O) groups excluding carboxylic acids is 2. The van der Waals surface area contributed by atoms with Crippen LogP contribution in [0.5, 0.6) is 0 Å². The predicted octanol–water partition coefficient (Wildman–Crippen LogP) is 1.54. The van der Waals surface area contributed by atoms with Gasteiger partial charge in [-0.15, -0.1) is 6.58 Å². The van der Waals surface area contributed by atoms with Crippen molar-refractivity contribution in [3.8, 4) is 0 Å². The fourth-order valence-electron chi connectivity index (χ4n) is 2.26. The molecule has 1 aromatic rings. The summed E-state index contributed by atoms with van der Waals surface area (Å²) in [4.78, 5) is 24.0. The normalized spacial score (nSPS) is 20.8. The zero-order chi connectivity index (χ0) is 15.3. The van der Waals surface area contributed by atoms with E-state index in [1.807, 2.05) is 6.92 Å². The van der Waals surface area contributed by atoms with Crippen LogP contribution >= 0.6 is 0 Å². The molecule has 2 amide bonds. The summed E-state index contributed by atoms with van der Waals surface area (Å²) in [6.07, 6.45) is 2.46. The van der Waals surface area contributed by atoms with Crippen molar-refractivity contribution in [2.45, 2.75) is 13.3 Å². The quantitative estimate of drug-likeness (QED) is 0.719. The molecule has 0 saturated carbocycles. The molecule has 5 heteroatoms. The van der Waals surface area contributed by atoms with Crippen LogP contribution in [-0.2, 0) is 4.79 Å². The van der Waals surface area contributed by atoms with Gasteiger partial charge in [-0.3, -0.25) is 9.59 Å². The lowest BCUT2D eigenvalue weighted by molar-refractivity contribution is -0.123. The molecule has 0 aliphatic carbocycles. The van der Waals surface area contributed by atoms with Gasteiger partial charge < -0.3 is 16.0 Å². The highest BCUT2D eigenvalue weighted by Crippen LogP contribution is 2.26. The third-order valence-electron chi connectivity index (χ3n) is 3.73. The number of carbonyl (C=O) groups is 2. The zero-order valence-corrected chi connectivity index (χ0v) is 12.2. The Hall–Kier alpha value is -2.14. The fraction of sp³-hybridized carbons (Fsp3) is 0.375. The van der Waals surface area contributed by atoms with Crippen LogP contribution in [0.25, 0.3) is 0 Å². The van der Waals surface area contributed by atoms with Crippen molar-refractivity contribution in [2.75, 3.05) is 25.0 Å². The predicted molar refractivity (Wildman–Crippen MR) is 83.2 cm³/mol. The standard InChI is InChI=1S/C16H21N3O2/c1-3-9-18-14(20)12-4-6-13(7-5-12)19-15(21)16(2)8-10-17-11-16/h3-7,17H,1,8-11H2,2H3,(H,18,20)(H,19,21). The van der Waals surface area contributed by atoms with E-state index in [9.17, 15) is 9.59 Å². The molecule has 1 aromatic carbocycles. The van der Waals surface area contributed by atoms with Gasteiger partial charge in [0.05, 0.1) is 5.41 Å². The van der Waals surface area contributed by atoms with Gasteiger partial charge in [-0.1, -0.05) is 6.08 Å². The second-order valence-corrected chi connectivity index (χ2v) is 5.52. The Kier molecular flexibility index (Phi) is 4.75. The van der Waals surface area contributed by atoms with Gasteiger partial charge in [0.25, 0.3) is 5.91 Å². The first-order valence-corrected chi connectivity index (χ1v) is 7.06. The Bertz CT molecular complexity index is 531. The Morgan fingerprint density at radius 2 is 2.10 bits per heavy atom. The molecule has 0 spiro atoms. The van der Waals surface area contributed by atoms with Crippen molar-refractivity contribution in [1.29, 1.82) is 0 Å². The second-order valence-electron chi connectivity index (χ2n) is 5.52. The molecule has 0 aromatic heterocycles. The van der Waals surface area contributed by atoms with Gasteiger partial charge in [0.2, 0.25) is 5.91 Å². The number of nitrogens with one attached hydrogen (secondary N) is 3. The molecule has 0 radical (unpaired) electrons. The molecule has 0 bridgehead atoms. The first-order valence-electron chi connectivity index (χ1n) is 7.06. The lowest BCUT2D eigenvalue weighted by atomic mass is 9.89. The summed E-state index contributed by atoms with van der Waals surface area (Å²) in [6.45, 7) is 7.50. The third kappa shape index (κ3) is 3.70. The molecule has 21 heavy (non-hydrogen) atoms. The molecular weight excluding hydrogens is 266 g/mol. The van der Waals surface area contributed by atoms with Crippen molar-refractivity contribution in [3.05, 3.63) is 42.5 Å². The van der Waals surface area contributed by atoms with E-state index in [0.29, 0.717) is 24.3 Å². The largest absolute Gasteiger partial charge is 0.349 e. The second kappa shape index (κ2) is 6.54. The number of amides is 2. The first kappa shape index (κ1) is 15.3. The summed E-state index contributed by atoms with van der Waals surface area (Å²) in [5, 5.41) is 8.82. The van der Waals surface area contributed by atoms with E-state index < -0.39 is 0 Å². The molecule has 1 saturated heterocycles. The molecule has 1 heterocycles. The van der Waals surface area contributed by atoms with Gasteiger partial charge in [0, 0.05) is 24.3 Å². The maximum Gasteiger partial charge on any atom is 0.251 e. The van der Waals surface area contributed by atoms with Gasteiger partial charge in [-0.05, 0) is 44.2 Å². The highest BCUT2D eigenvalue weighted by Gasteiger charge is 2.36. The first-order chi connectivity index (χ1) is 10.0. The molecule has 1 unspecified atom stereocenters. The van der Waals surface area contributed by atoms with E-state index >= 15 is 0 Å². The zero-order valence-electron chi connectivity index (χ0n) is 12.2. The van der Waals surface area contributed by atoms with Gasteiger partial charge in [0.15, 0.2) is 0 Å². The van der Waals surface area contributed by atoms with E-state index in [4.69, 9.17) is 0 Å². The monoisotopic (exact) mass is 287 g/mol. The van der Waals surface area contributed by atoms with Crippen LogP contribution in [0.15, 0.2) is 36.9 Å². The van der Waals surface area contributed by atoms with Crippen LogP contribution in [0.1, 0.15) is 23.7 Å². The Morgan fingerprint density at radius 1 is 1.38 bits per heavy atom. The van der Waals surface area contributed by atoms with Crippen LogP contribution in [-0.4, -0.2) is 31.4 Å². The molecule has 112 valence electrons. The van der Waals surface area contributed by atoms with Crippen LogP contribution < -0.4 is 16.0 Å². The molecule has 1 fully saturated rings. The van der Waals surface area contributed by atoms with E-state index in [1.54, 1.807) is 30.3 Å². The molecule has 5 nitrogen and oxygen atoms in total. The van der Waals surface area contributed by atoms with Crippen molar-refractivity contribution in [2.24, 2.45) is 5.41 Å². The average Bonchev–Trinajstić information content (AvgIpc) is 2.94. The number of hydrogen-bond acceptors (Lipinski definition) is 3. The Labute approximate surface area is 124 Å². The van der Waals surface area contributed by atoms with Crippen molar-refractivity contribution in [3.63, 3.8) is 0 Å². The molecule has 1 aliphatic heterocycles. The summed E-state index contributed by atoms with van der Waals surface area (Å²) in [6, 6.07) is 6.88. The van der Waals surface area contributed by atoms with Crippen LogP contribution in [0.4, 0.5) is 5.69 Å². The minimum Gasteiger partial charge on any atom is -0.349 e. The minimum atomic E-state index is -0.361. The van der Waals surface area contributed by atoms with Gasteiger partial charge in [0.1, 0.15) is 0 Å². The summed E-state index contributed by atoms with van der Waals surface area (Å²) in [7, 11) is 0. The Balaban J connectivity index is 1.97. The summed E-state index contributed by atoms with van der Waals surface area (Å²) < 4.78 is 0. The Morgan fingerprint density at radius 3 is 2.67 bits per heavy atom. The lowest BCUT2D eigenvalue weighted by Crippen LogP contribution is -2.35. The van der Waals surface area contributed by atoms with Crippen LogP contribution in [0.2, 0.25) is 0 Å². The maximum atomic E-state index is 12.3. The molecule has 2 rings (SSSR count). The maximum absolute atomic E-state index is 12.3. The topological polar surface area (TPSA) is 70.2 Å². The number of benzene rings is 1. The van der Waals surface area contributed by atoms with Crippen LogP contribution in [0, 0.1) is 5.41 Å². The van der Waals surface area contributed by atoms with Crippen molar-refractivity contribution < 1.29 is 9.59 Å². The van der Waals surface area contributed by atoms with Gasteiger partial charge in [-0.2, -0.15) is 0 Å². The highest BCUT2D eigenvalue weighted by atomic mass is 16.2. The van der Waals surface area contributed by atoms with E-state index in [-0.39, 0.29) is 17.2 Å². The smallest absolute Gasteiger partial charge is 0.251 e. The van der Waals surface area contributed by atoms with Gasteiger partial charge in [-0.25, -0.2) is 0 Å². The molecule has 3 N–H and O–H groups in total. The summed E-state index contributed by atoms with van der Waals surface area (Å²) in [5.41, 5.74) is 0.900. The SMILES string of the molecule is C=CCNC(=O)c1ccc(NC(=O)C2(C)CCNC2)cc1. The van der Waals surface area contributed by atoms with E-state index in [0.717, 1.165) is 13.0 Å². The average molecular weight is 287 g/mol. The number of rotatable bonds is 5. The summed E-state index contributed by atoms with van der Waals surface area (Å²) >= 11 is 0. The van der Waals surface area contributed by atoms with E-state index in [2.05, 4.69) is 22.5 Å².